The molecule has 1 N–H and O–H groups in total. The Morgan fingerprint density at radius 1 is 1.57 bits per heavy atom. The second kappa shape index (κ2) is 4.38. The van der Waals surface area contributed by atoms with Crippen molar-refractivity contribution in [3.05, 3.63) is 28.5 Å². The SMILES string of the molecule is CN1CCNCC1c1ccc(Br)nc1. The average molecular weight is 256 g/mol. The van der Waals surface area contributed by atoms with E-state index >= 15 is 0 Å². The molecular weight excluding hydrogens is 242 g/mol. The molecule has 1 aromatic heterocycles. The number of halogens is 1. The van der Waals surface area contributed by atoms with Crippen molar-refractivity contribution in [3.8, 4) is 0 Å². The van der Waals surface area contributed by atoms with Crippen molar-refractivity contribution in [2.45, 2.75) is 6.04 Å². The molecule has 0 bridgehead atoms. The minimum absolute atomic E-state index is 0.462. The fraction of sp³-hybridized carbons (Fsp3) is 0.500. The van der Waals surface area contributed by atoms with Crippen molar-refractivity contribution in [1.82, 2.24) is 15.2 Å². The van der Waals surface area contributed by atoms with Crippen LogP contribution in [0.15, 0.2) is 22.9 Å². The zero-order valence-corrected chi connectivity index (χ0v) is 9.79. The number of piperazine rings is 1. The summed E-state index contributed by atoms with van der Waals surface area (Å²) < 4.78 is 0.896. The third-order valence-corrected chi connectivity index (χ3v) is 3.12. The van der Waals surface area contributed by atoms with E-state index in [1.54, 1.807) is 0 Å². The number of hydrogen-bond donors (Lipinski definition) is 1. The van der Waals surface area contributed by atoms with Crippen molar-refractivity contribution < 1.29 is 0 Å². The van der Waals surface area contributed by atoms with E-state index in [2.05, 4.69) is 44.2 Å². The minimum Gasteiger partial charge on any atom is -0.314 e. The molecule has 0 radical (unpaired) electrons. The summed E-state index contributed by atoms with van der Waals surface area (Å²) in [5.41, 5.74) is 1.28. The van der Waals surface area contributed by atoms with Gasteiger partial charge in [0.2, 0.25) is 0 Å². The first-order chi connectivity index (χ1) is 6.77. The fourth-order valence-corrected chi connectivity index (χ4v) is 2.00. The summed E-state index contributed by atoms with van der Waals surface area (Å²) in [4.78, 5) is 6.61. The van der Waals surface area contributed by atoms with Crippen LogP contribution < -0.4 is 5.32 Å². The molecule has 0 spiro atoms. The van der Waals surface area contributed by atoms with E-state index in [0.717, 1.165) is 24.2 Å². The summed E-state index contributed by atoms with van der Waals surface area (Å²) in [6.45, 7) is 3.19. The van der Waals surface area contributed by atoms with E-state index in [0.29, 0.717) is 6.04 Å². The van der Waals surface area contributed by atoms with Gasteiger partial charge in [-0.3, -0.25) is 4.90 Å². The zero-order chi connectivity index (χ0) is 9.97. The van der Waals surface area contributed by atoms with Crippen LogP contribution in [0.5, 0.6) is 0 Å². The van der Waals surface area contributed by atoms with Gasteiger partial charge in [-0.2, -0.15) is 0 Å². The van der Waals surface area contributed by atoms with Crippen LogP contribution >= 0.6 is 15.9 Å². The van der Waals surface area contributed by atoms with Gasteiger partial charge in [0.25, 0.3) is 0 Å². The Morgan fingerprint density at radius 3 is 3.07 bits per heavy atom. The highest BCUT2D eigenvalue weighted by atomic mass is 79.9. The van der Waals surface area contributed by atoms with Gasteiger partial charge in [0.15, 0.2) is 0 Å². The molecule has 0 aromatic carbocycles. The first-order valence-corrected chi connectivity index (χ1v) is 5.59. The first kappa shape index (κ1) is 10.1. The quantitative estimate of drug-likeness (QED) is 0.770. The maximum atomic E-state index is 4.25. The number of nitrogens with zero attached hydrogens (tertiary/aromatic N) is 2. The maximum Gasteiger partial charge on any atom is 0.106 e. The van der Waals surface area contributed by atoms with Crippen LogP contribution in [0.2, 0.25) is 0 Å². The number of nitrogens with one attached hydrogen (secondary N) is 1. The topological polar surface area (TPSA) is 28.2 Å². The van der Waals surface area contributed by atoms with Crippen molar-refractivity contribution in [1.29, 1.82) is 0 Å². The van der Waals surface area contributed by atoms with E-state index in [9.17, 15) is 0 Å². The molecule has 0 amide bonds. The third-order valence-electron chi connectivity index (χ3n) is 2.65. The van der Waals surface area contributed by atoms with Crippen LogP contribution in [-0.2, 0) is 0 Å². The molecule has 0 saturated carbocycles. The zero-order valence-electron chi connectivity index (χ0n) is 8.20. The van der Waals surface area contributed by atoms with Gasteiger partial charge in [-0.25, -0.2) is 4.98 Å². The summed E-state index contributed by atoms with van der Waals surface area (Å²) >= 11 is 3.34. The Balaban J connectivity index is 2.16. The third kappa shape index (κ3) is 2.13. The standard InChI is InChI=1S/C10H14BrN3/c1-14-5-4-12-7-9(14)8-2-3-10(11)13-6-8/h2-3,6,9,12H,4-5,7H2,1H3. The second-order valence-corrected chi connectivity index (χ2v) is 4.43. The van der Waals surface area contributed by atoms with Crippen LogP contribution in [0.3, 0.4) is 0 Å². The predicted molar refractivity (Wildman–Crippen MR) is 60.2 cm³/mol. The van der Waals surface area contributed by atoms with Gasteiger partial charge in [0.1, 0.15) is 4.60 Å². The number of rotatable bonds is 1. The summed E-state index contributed by atoms with van der Waals surface area (Å²) in [5, 5.41) is 3.40. The minimum atomic E-state index is 0.462. The number of aromatic nitrogens is 1. The highest BCUT2D eigenvalue weighted by molar-refractivity contribution is 9.10. The molecule has 76 valence electrons. The predicted octanol–water partition coefficient (Wildman–Crippen LogP) is 1.42. The van der Waals surface area contributed by atoms with E-state index in [-0.39, 0.29) is 0 Å². The molecule has 1 aliphatic rings. The van der Waals surface area contributed by atoms with Gasteiger partial charge in [-0.1, -0.05) is 6.07 Å². The maximum absolute atomic E-state index is 4.25. The largest absolute Gasteiger partial charge is 0.314 e. The van der Waals surface area contributed by atoms with Gasteiger partial charge >= 0.3 is 0 Å². The molecule has 1 unspecified atom stereocenters. The lowest BCUT2D eigenvalue weighted by molar-refractivity contribution is 0.202. The van der Waals surface area contributed by atoms with Gasteiger partial charge in [0, 0.05) is 31.9 Å². The molecule has 4 heteroatoms. The van der Waals surface area contributed by atoms with Gasteiger partial charge < -0.3 is 5.32 Å². The summed E-state index contributed by atoms with van der Waals surface area (Å²) in [6, 6.07) is 4.59. The molecule has 2 heterocycles. The smallest absolute Gasteiger partial charge is 0.106 e. The molecule has 1 fully saturated rings. The van der Waals surface area contributed by atoms with Crippen molar-refractivity contribution in [2.24, 2.45) is 0 Å². The Labute approximate surface area is 92.6 Å². The Kier molecular flexibility index (Phi) is 3.15. The van der Waals surface area contributed by atoms with Crippen LogP contribution in [0.4, 0.5) is 0 Å². The molecule has 1 saturated heterocycles. The van der Waals surface area contributed by atoms with Gasteiger partial charge in [-0.05, 0) is 34.6 Å². The molecule has 1 aromatic rings. The highest BCUT2D eigenvalue weighted by Gasteiger charge is 2.20. The van der Waals surface area contributed by atoms with Crippen molar-refractivity contribution in [2.75, 3.05) is 26.7 Å². The van der Waals surface area contributed by atoms with E-state index in [4.69, 9.17) is 0 Å². The van der Waals surface area contributed by atoms with E-state index < -0.39 is 0 Å². The van der Waals surface area contributed by atoms with Crippen LogP contribution in [0, 0.1) is 0 Å². The average Bonchev–Trinajstić information content (AvgIpc) is 2.20. The number of pyridine rings is 1. The van der Waals surface area contributed by atoms with Crippen LogP contribution in [0.1, 0.15) is 11.6 Å². The molecule has 0 aliphatic carbocycles. The second-order valence-electron chi connectivity index (χ2n) is 3.61. The lowest BCUT2D eigenvalue weighted by Crippen LogP contribution is -2.43. The lowest BCUT2D eigenvalue weighted by Gasteiger charge is -2.33. The van der Waals surface area contributed by atoms with E-state index in [1.807, 2.05) is 12.3 Å². The summed E-state index contributed by atoms with van der Waals surface area (Å²) in [5.74, 6) is 0. The summed E-state index contributed by atoms with van der Waals surface area (Å²) in [7, 11) is 2.16. The molecule has 14 heavy (non-hydrogen) atoms. The highest BCUT2D eigenvalue weighted by Crippen LogP contribution is 2.20. The molecule has 3 nitrogen and oxygen atoms in total. The Bertz CT molecular complexity index is 299. The fourth-order valence-electron chi connectivity index (χ4n) is 1.76. The summed E-state index contributed by atoms with van der Waals surface area (Å²) in [6.07, 6.45) is 1.94. The molecular formula is C10H14BrN3. The van der Waals surface area contributed by atoms with Crippen molar-refractivity contribution >= 4 is 15.9 Å². The Morgan fingerprint density at radius 2 is 2.43 bits per heavy atom. The molecule has 2 rings (SSSR count). The number of likely N-dealkylation sites (N-methyl/N-ethyl adjacent to an activating group) is 1. The Hall–Kier alpha value is -0.450. The van der Waals surface area contributed by atoms with E-state index in [1.165, 1.54) is 5.56 Å². The van der Waals surface area contributed by atoms with Gasteiger partial charge in [0.05, 0.1) is 0 Å². The molecule has 1 atom stereocenters. The normalized spacial score (nSPS) is 23.7. The first-order valence-electron chi connectivity index (χ1n) is 4.80. The van der Waals surface area contributed by atoms with Crippen LogP contribution in [0.25, 0.3) is 0 Å². The van der Waals surface area contributed by atoms with Crippen molar-refractivity contribution in [3.63, 3.8) is 0 Å². The van der Waals surface area contributed by atoms with Crippen LogP contribution in [-0.4, -0.2) is 36.6 Å². The molecule has 1 aliphatic heterocycles. The lowest BCUT2D eigenvalue weighted by atomic mass is 10.1. The number of hydrogen-bond acceptors (Lipinski definition) is 3. The monoisotopic (exact) mass is 255 g/mol. The van der Waals surface area contributed by atoms with Gasteiger partial charge in [-0.15, -0.1) is 0 Å².